The van der Waals surface area contributed by atoms with Gasteiger partial charge in [0.2, 0.25) is 0 Å². The monoisotopic (exact) mass is 280 g/mol. The second kappa shape index (κ2) is 6.03. The van der Waals surface area contributed by atoms with E-state index in [1.165, 1.54) is 11.4 Å². The van der Waals surface area contributed by atoms with Gasteiger partial charge in [-0.3, -0.25) is 4.40 Å². The Balaban J connectivity index is 1.94. The Kier molecular flexibility index (Phi) is 4.60. The molecule has 0 aliphatic carbocycles. The molecule has 19 heavy (non-hydrogen) atoms. The zero-order valence-electron chi connectivity index (χ0n) is 12.5. The van der Waals surface area contributed by atoms with Crippen molar-refractivity contribution in [1.29, 1.82) is 0 Å². The van der Waals surface area contributed by atoms with E-state index in [-0.39, 0.29) is 0 Å². The van der Waals surface area contributed by atoms with Crippen molar-refractivity contribution < 1.29 is 0 Å². The number of aryl methyl sites for hydroxylation is 2. The van der Waals surface area contributed by atoms with Crippen molar-refractivity contribution >= 4 is 16.3 Å². The summed E-state index contributed by atoms with van der Waals surface area (Å²) in [7, 11) is 2.16. The van der Waals surface area contributed by atoms with Crippen LogP contribution in [0.5, 0.6) is 0 Å². The molecule has 0 aliphatic rings. The molecule has 2 aromatic rings. The Morgan fingerprint density at radius 2 is 2.16 bits per heavy atom. The zero-order valence-corrected chi connectivity index (χ0v) is 13.3. The molecule has 2 rings (SSSR count). The van der Waals surface area contributed by atoms with Crippen molar-refractivity contribution in [2.45, 2.75) is 40.3 Å². The van der Waals surface area contributed by atoms with Crippen LogP contribution in [0.3, 0.4) is 0 Å². The molecule has 106 valence electrons. The summed E-state index contributed by atoms with van der Waals surface area (Å²) in [5.41, 5.74) is 3.71. The number of nitrogens with zero attached hydrogens (tertiary/aromatic N) is 3. The van der Waals surface area contributed by atoms with Crippen molar-refractivity contribution in [3.8, 4) is 0 Å². The van der Waals surface area contributed by atoms with Gasteiger partial charge in [-0.05, 0) is 34.7 Å². The van der Waals surface area contributed by atoms with Gasteiger partial charge in [-0.15, -0.1) is 11.3 Å². The molecule has 0 atom stereocenters. The normalized spacial score (nSPS) is 12.2. The van der Waals surface area contributed by atoms with E-state index in [9.17, 15) is 0 Å². The Morgan fingerprint density at radius 1 is 1.42 bits per heavy atom. The van der Waals surface area contributed by atoms with Crippen molar-refractivity contribution in [2.75, 3.05) is 20.1 Å². The van der Waals surface area contributed by atoms with Gasteiger partial charge in [0.15, 0.2) is 4.96 Å². The highest BCUT2D eigenvalue weighted by Crippen LogP contribution is 2.20. The topological polar surface area (TPSA) is 32.6 Å². The quantitative estimate of drug-likeness (QED) is 0.825. The number of aromatic nitrogens is 2. The van der Waals surface area contributed by atoms with E-state index >= 15 is 0 Å². The van der Waals surface area contributed by atoms with Crippen LogP contribution in [0.25, 0.3) is 4.96 Å². The maximum absolute atomic E-state index is 4.61. The smallest absolute Gasteiger partial charge is 0.194 e. The standard InChI is InChI=1S/C14H24N4S/c1-10(2)17(5)7-6-15-8-13-12(4)16-14-18(13)11(3)9-19-14/h9-10,15H,6-8H2,1-5H3. The average molecular weight is 280 g/mol. The van der Waals surface area contributed by atoms with Crippen LogP contribution in [0.4, 0.5) is 0 Å². The first-order valence-corrected chi connectivity index (χ1v) is 7.71. The molecule has 0 amide bonds. The number of hydrogen-bond donors (Lipinski definition) is 1. The van der Waals surface area contributed by atoms with E-state index in [2.05, 4.69) is 59.7 Å². The number of nitrogens with one attached hydrogen (secondary N) is 1. The Labute approximate surface area is 119 Å². The minimum atomic E-state index is 0.601. The fraction of sp³-hybridized carbons (Fsp3) is 0.643. The molecule has 0 unspecified atom stereocenters. The van der Waals surface area contributed by atoms with Gasteiger partial charge in [-0.2, -0.15) is 0 Å². The molecule has 0 spiro atoms. The van der Waals surface area contributed by atoms with Gasteiger partial charge in [0.05, 0.1) is 11.4 Å². The predicted octanol–water partition coefficient (Wildman–Crippen LogP) is 2.44. The molecule has 0 saturated carbocycles. The summed E-state index contributed by atoms with van der Waals surface area (Å²) in [6, 6.07) is 0.601. The third kappa shape index (κ3) is 3.16. The molecular formula is C14H24N4S. The zero-order chi connectivity index (χ0) is 14.0. The third-order valence-corrected chi connectivity index (χ3v) is 4.59. The number of imidazole rings is 1. The van der Waals surface area contributed by atoms with E-state index in [4.69, 9.17) is 0 Å². The SMILES string of the molecule is Cc1nc2scc(C)n2c1CNCCN(C)C(C)C. The number of thiazole rings is 1. The molecule has 0 aliphatic heterocycles. The second-order valence-corrected chi connectivity index (χ2v) is 6.23. The van der Waals surface area contributed by atoms with Crippen LogP contribution in [0.2, 0.25) is 0 Å². The van der Waals surface area contributed by atoms with E-state index < -0.39 is 0 Å². The first kappa shape index (κ1) is 14.5. The number of fused-ring (bicyclic) bond motifs is 1. The van der Waals surface area contributed by atoms with Gasteiger partial charge in [-0.25, -0.2) is 4.98 Å². The Morgan fingerprint density at radius 3 is 2.84 bits per heavy atom. The minimum absolute atomic E-state index is 0.601. The van der Waals surface area contributed by atoms with Crippen molar-refractivity contribution in [1.82, 2.24) is 19.6 Å². The Bertz CT molecular complexity index is 541. The van der Waals surface area contributed by atoms with Crippen LogP contribution in [-0.2, 0) is 6.54 Å². The van der Waals surface area contributed by atoms with Crippen LogP contribution < -0.4 is 5.32 Å². The first-order chi connectivity index (χ1) is 9.00. The minimum Gasteiger partial charge on any atom is -0.310 e. The summed E-state index contributed by atoms with van der Waals surface area (Å²) in [5, 5.41) is 5.69. The molecule has 2 heterocycles. The van der Waals surface area contributed by atoms with E-state index in [1.54, 1.807) is 11.3 Å². The van der Waals surface area contributed by atoms with Crippen LogP contribution >= 0.6 is 11.3 Å². The summed E-state index contributed by atoms with van der Waals surface area (Å²) < 4.78 is 2.26. The molecule has 0 bridgehead atoms. The summed E-state index contributed by atoms with van der Waals surface area (Å²) in [5.74, 6) is 0. The van der Waals surface area contributed by atoms with Gasteiger partial charge in [0, 0.05) is 36.8 Å². The second-order valence-electron chi connectivity index (χ2n) is 5.39. The van der Waals surface area contributed by atoms with Gasteiger partial charge in [0.25, 0.3) is 0 Å². The van der Waals surface area contributed by atoms with E-state index in [0.717, 1.165) is 30.3 Å². The lowest BCUT2D eigenvalue weighted by Crippen LogP contribution is -2.33. The van der Waals surface area contributed by atoms with Crippen LogP contribution in [0, 0.1) is 13.8 Å². The highest BCUT2D eigenvalue weighted by molar-refractivity contribution is 7.15. The number of likely N-dealkylation sites (N-methyl/N-ethyl adjacent to an activating group) is 1. The first-order valence-electron chi connectivity index (χ1n) is 6.83. The van der Waals surface area contributed by atoms with E-state index in [1.807, 2.05) is 0 Å². The molecule has 1 N–H and O–H groups in total. The average Bonchev–Trinajstić information content (AvgIpc) is 2.85. The lowest BCUT2D eigenvalue weighted by molar-refractivity contribution is 0.273. The van der Waals surface area contributed by atoms with Crippen LogP contribution in [-0.4, -0.2) is 40.5 Å². The summed E-state index contributed by atoms with van der Waals surface area (Å²) in [4.78, 5) is 8.06. The summed E-state index contributed by atoms with van der Waals surface area (Å²) in [6.45, 7) is 11.6. The summed E-state index contributed by atoms with van der Waals surface area (Å²) in [6.07, 6.45) is 0. The number of hydrogen-bond acceptors (Lipinski definition) is 4. The molecule has 0 fully saturated rings. The largest absolute Gasteiger partial charge is 0.310 e. The molecule has 4 nitrogen and oxygen atoms in total. The Hall–Kier alpha value is -0.910. The third-order valence-electron chi connectivity index (χ3n) is 3.65. The van der Waals surface area contributed by atoms with Gasteiger partial charge < -0.3 is 10.2 Å². The molecule has 0 aromatic carbocycles. The fourth-order valence-electron chi connectivity index (χ4n) is 2.10. The predicted molar refractivity (Wildman–Crippen MR) is 82.0 cm³/mol. The fourth-order valence-corrected chi connectivity index (χ4v) is 3.03. The van der Waals surface area contributed by atoms with Crippen molar-refractivity contribution in [3.05, 3.63) is 22.5 Å². The van der Waals surface area contributed by atoms with Crippen molar-refractivity contribution in [2.24, 2.45) is 0 Å². The maximum Gasteiger partial charge on any atom is 0.194 e. The molecular weight excluding hydrogens is 256 g/mol. The van der Waals surface area contributed by atoms with Gasteiger partial charge >= 0.3 is 0 Å². The summed E-state index contributed by atoms with van der Waals surface area (Å²) >= 11 is 1.71. The highest BCUT2D eigenvalue weighted by Gasteiger charge is 2.11. The molecule has 0 saturated heterocycles. The lowest BCUT2D eigenvalue weighted by atomic mass is 10.3. The van der Waals surface area contributed by atoms with Crippen LogP contribution in [0.15, 0.2) is 5.38 Å². The lowest BCUT2D eigenvalue weighted by Gasteiger charge is -2.20. The number of rotatable bonds is 6. The molecule has 5 heteroatoms. The molecule has 2 aromatic heterocycles. The highest BCUT2D eigenvalue weighted by atomic mass is 32.1. The van der Waals surface area contributed by atoms with E-state index in [0.29, 0.717) is 6.04 Å². The maximum atomic E-state index is 4.61. The molecule has 0 radical (unpaired) electrons. The van der Waals surface area contributed by atoms with Crippen LogP contribution in [0.1, 0.15) is 30.9 Å². The van der Waals surface area contributed by atoms with Gasteiger partial charge in [0.1, 0.15) is 0 Å². The van der Waals surface area contributed by atoms with Crippen molar-refractivity contribution in [3.63, 3.8) is 0 Å². The van der Waals surface area contributed by atoms with Gasteiger partial charge in [-0.1, -0.05) is 0 Å².